The largest absolute Gasteiger partial charge is 0.302 e. The number of rotatable bonds is 6. The van der Waals surface area contributed by atoms with Gasteiger partial charge < -0.3 is 9.59 Å². The van der Waals surface area contributed by atoms with E-state index in [1.165, 1.54) is 0 Å². The fraction of sp³-hybridized carbons (Fsp3) is 0.467. The molecule has 6 nitrogen and oxygen atoms in total. The molecule has 0 radical (unpaired) electrons. The van der Waals surface area contributed by atoms with Crippen LogP contribution < -0.4 is 0 Å². The van der Waals surface area contributed by atoms with Gasteiger partial charge in [-0.3, -0.25) is 9.36 Å². The highest BCUT2D eigenvalue weighted by atomic mass is 16.1. The van der Waals surface area contributed by atoms with E-state index in [0.717, 1.165) is 35.3 Å². The zero-order chi connectivity index (χ0) is 15.6. The summed E-state index contributed by atoms with van der Waals surface area (Å²) in [5.74, 6) is 0. The third-order valence-corrected chi connectivity index (χ3v) is 3.69. The molecule has 0 aliphatic heterocycles. The fourth-order valence-electron chi connectivity index (χ4n) is 2.59. The van der Waals surface area contributed by atoms with Gasteiger partial charge in [0.2, 0.25) is 0 Å². The minimum atomic E-state index is -1.08. The molecule has 2 aromatic heterocycles. The van der Waals surface area contributed by atoms with Crippen molar-refractivity contribution in [1.29, 1.82) is 0 Å². The Hall–Kier alpha value is -2.24. The standard InChI is InChI=1S/C15H20N4O2/c1-11-5-13(18(3)16-11)7-15(9-20,10-21)8-14-6-12(2)17-19(14)4/h5-6,9-10H,7-8H2,1-4H3. The van der Waals surface area contributed by atoms with Crippen LogP contribution in [0.3, 0.4) is 0 Å². The van der Waals surface area contributed by atoms with Crippen molar-refractivity contribution in [2.24, 2.45) is 19.5 Å². The molecule has 6 heteroatoms. The molecule has 0 saturated heterocycles. The maximum Gasteiger partial charge on any atom is 0.134 e. The molecule has 0 fully saturated rings. The van der Waals surface area contributed by atoms with Crippen LogP contribution in [-0.4, -0.2) is 32.1 Å². The molecule has 112 valence electrons. The van der Waals surface area contributed by atoms with E-state index in [1.54, 1.807) is 9.36 Å². The third kappa shape index (κ3) is 3.09. The van der Waals surface area contributed by atoms with Gasteiger partial charge in [0.25, 0.3) is 0 Å². The zero-order valence-electron chi connectivity index (χ0n) is 12.8. The highest BCUT2D eigenvalue weighted by molar-refractivity contribution is 5.84. The smallest absolute Gasteiger partial charge is 0.134 e. The summed E-state index contributed by atoms with van der Waals surface area (Å²) in [6.07, 6.45) is 2.15. The molecule has 0 amide bonds. The van der Waals surface area contributed by atoms with Gasteiger partial charge in [0.1, 0.15) is 12.6 Å². The zero-order valence-corrected chi connectivity index (χ0v) is 12.8. The molecule has 2 rings (SSSR count). The fourth-order valence-corrected chi connectivity index (χ4v) is 2.59. The Bertz CT molecular complexity index is 611. The normalized spacial score (nSPS) is 11.6. The lowest BCUT2D eigenvalue weighted by Gasteiger charge is -2.21. The Morgan fingerprint density at radius 3 is 1.57 bits per heavy atom. The number of carbonyl (C=O) groups is 2. The molecule has 0 unspecified atom stereocenters. The summed E-state index contributed by atoms with van der Waals surface area (Å²) in [4.78, 5) is 23.2. The second-order valence-corrected chi connectivity index (χ2v) is 5.62. The number of hydrogen-bond donors (Lipinski definition) is 0. The SMILES string of the molecule is Cc1cc(CC(C=O)(C=O)Cc2cc(C)nn2C)n(C)n1. The first-order valence-corrected chi connectivity index (χ1v) is 6.81. The molecule has 0 aliphatic carbocycles. The van der Waals surface area contributed by atoms with Crippen molar-refractivity contribution < 1.29 is 9.59 Å². The Morgan fingerprint density at radius 1 is 0.952 bits per heavy atom. The molecule has 0 N–H and O–H groups in total. The van der Waals surface area contributed by atoms with Gasteiger partial charge in [-0.25, -0.2) is 0 Å². The number of nitrogens with zero attached hydrogens (tertiary/aromatic N) is 4. The van der Waals surface area contributed by atoms with Gasteiger partial charge in [-0.2, -0.15) is 10.2 Å². The summed E-state index contributed by atoms with van der Waals surface area (Å²) in [6, 6.07) is 3.80. The Morgan fingerprint density at radius 2 is 1.33 bits per heavy atom. The number of carbonyl (C=O) groups excluding carboxylic acids is 2. The molecular weight excluding hydrogens is 268 g/mol. The molecule has 2 aromatic rings. The molecule has 0 atom stereocenters. The monoisotopic (exact) mass is 288 g/mol. The van der Waals surface area contributed by atoms with E-state index in [1.807, 2.05) is 40.1 Å². The molecule has 0 aromatic carbocycles. The second-order valence-electron chi connectivity index (χ2n) is 5.62. The van der Waals surface area contributed by atoms with Gasteiger partial charge in [-0.1, -0.05) is 0 Å². The number of aldehydes is 2. The Kier molecular flexibility index (Phi) is 4.06. The lowest BCUT2D eigenvalue weighted by atomic mass is 9.81. The van der Waals surface area contributed by atoms with Crippen molar-refractivity contribution in [1.82, 2.24) is 19.6 Å². The van der Waals surface area contributed by atoms with Crippen LogP contribution in [-0.2, 0) is 36.5 Å². The van der Waals surface area contributed by atoms with Crippen LogP contribution in [0.4, 0.5) is 0 Å². The Labute approximate surface area is 123 Å². The second kappa shape index (κ2) is 5.63. The van der Waals surface area contributed by atoms with Crippen LogP contribution in [0.25, 0.3) is 0 Å². The topological polar surface area (TPSA) is 69.8 Å². The van der Waals surface area contributed by atoms with E-state index < -0.39 is 5.41 Å². The molecular formula is C15H20N4O2. The van der Waals surface area contributed by atoms with Gasteiger partial charge >= 0.3 is 0 Å². The molecule has 0 spiro atoms. The lowest BCUT2D eigenvalue weighted by molar-refractivity contribution is -0.126. The van der Waals surface area contributed by atoms with Crippen molar-refractivity contribution in [3.05, 3.63) is 34.9 Å². The van der Waals surface area contributed by atoms with E-state index in [9.17, 15) is 9.59 Å². The predicted octanol–water partition coefficient (Wildman–Crippen LogP) is 0.940. The number of aryl methyl sites for hydroxylation is 4. The van der Waals surface area contributed by atoms with Gasteiger partial charge in [0.05, 0.1) is 16.8 Å². The number of hydrogen-bond acceptors (Lipinski definition) is 4. The van der Waals surface area contributed by atoms with Crippen molar-refractivity contribution >= 4 is 12.6 Å². The van der Waals surface area contributed by atoms with Crippen LogP contribution in [0.1, 0.15) is 22.8 Å². The van der Waals surface area contributed by atoms with Crippen LogP contribution in [0.15, 0.2) is 12.1 Å². The molecule has 0 bridgehead atoms. The first-order valence-electron chi connectivity index (χ1n) is 6.81. The number of aromatic nitrogens is 4. The summed E-state index contributed by atoms with van der Waals surface area (Å²) < 4.78 is 3.43. The highest BCUT2D eigenvalue weighted by Crippen LogP contribution is 2.24. The van der Waals surface area contributed by atoms with Crippen molar-refractivity contribution in [2.75, 3.05) is 0 Å². The van der Waals surface area contributed by atoms with E-state index in [0.29, 0.717) is 12.8 Å². The molecule has 0 saturated carbocycles. The first kappa shape index (κ1) is 15.2. The maximum absolute atomic E-state index is 11.6. The van der Waals surface area contributed by atoms with Crippen LogP contribution in [0.2, 0.25) is 0 Å². The van der Waals surface area contributed by atoms with Crippen molar-refractivity contribution in [3.63, 3.8) is 0 Å². The van der Waals surface area contributed by atoms with E-state index in [2.05, 4.69) is 10.2 Å². The minimum Gasteiger partial charge on any atom is -0.302 e. The van der Waals surface area contributed by atoms with Crippen LogP contribution in [0.5, 0.6) is 0 Å². The maximum atomic E-state index is 11.6. The highest BCUT2D eigenvalue weighted by Gasteiger charge is 2.32. The van der Waals surface area contributed by atoms with Gasteiger partial charge in [-0.15, -0.1) is 0 Å². The molecule has 2 heterocycles. The quantitative estimate of drug-likeness (QED) is 0.586. The summed E-state index contributed by atoms with van der Waals surface area (Å²) in [5, 5.41) is 8.52. The predicted molar refractivity (Wildman–Crippen MR) is 77.9 cm³/mol. The molecule has 0 aliphatic rings. The summed E-state index contributed by atoms with van der Waals surface area (Å²) >= 11 is 0. The van der Waals surface area contributed by atoms with Crippen LogP contribution in [0, 0.1) is 19.3 Å². The van der Waals surface area contributed by atoms with Crippen molar-refractivity contribution in [3.8, 4) is 0 Å². The first-order chi connectivity index (χ1) is 9.89. The van der Waals surface area contributed by atoms with Gasteiger partial charge in [0, 0.05) is 38.3 Å². The van der Waals surface area contributed by atoms with Gasteiger partial charge in [0.15, 0.2) is 0 Å². The molecule has 21 heavy (non-hydrogen) atoms. The van der Waals surface area contributed by atoms with Crippen LogP contribution >= 0.6 is 0 Å². The van der Waals surface area contributed by atoms with E-state index in [4.69, 9.17) is 0 Å². The van der Waals surface area contributed by atoms with E-state index >= 15 is 0 Å². The Balaban J connectivity index is 2.32. The summed E-state index contributed by atoms with van der Waals surface area (Å²) in [5.41, 5.74) is 2.39. The van der Waals surface area contributed by atoms with Crippen molar-refractivity contribution in [2.45, 2.75) is 26.7 Å². The summed E-state index contributed by atoms with van der Waals surface area (Å²) in [7, 11) is 3.63. The summed E-state index contributed by atoms with van der Waals surface area (Å²) in [6.45, 7) is 3.77. The van der Waals surface area contributed by atoms with E-state index in [-0.39, 0.29) is 0 Å². The minimum absolute atomic E-state index is 0.335. The average molecular weight is 288 g/mol. The third-order valence-electron chi connectivity index (χ3n) is 3.69. The van der Waals surface area contributed by atoms with Gasteiger partial charge in [-0.05, 0) is 26.0 Å². The average Bonchev–Trinajstić information content (AvgIpc) is 2.90. The lowest BCUT2D eigenvalue weighted by Crippen LogP contribution is -2.32.